The molecule has 0 aliphatic rings. The van der Waals surface area contributed by atoms with E-state index >= 15 is 0 Å². The Morgan fingerprint density at radius 2 is 0.649 bits per heavy atom. The lowest BCUT2D eigenvalue weighted by atomic mass is 10.0. The highest BCUT2D eigenvalue weighted by Crippen LogP contribution is 2.43. The third-order valence-corrected chi connectivity index (χ3v) is 17.4. The van der Waals surface area contributed by atoms with Crippen molar-refractivity contribution in [2.45, 2.75) is 321 Å². The van der Waals surface area contributed by atoms with E-state index in [-0.39, 0.29) is 19.1 Å². The molecule has 3 atom stereocenters. The van der Waals surface area contributed by atoms with Gasteiger partial charge >= 0.3 is 7.82 Å². The van der Waals surface area contributed by atoms with E-state index in [0.29, 0.717) is 17.4 Å². The summed E-state index contributed by atoms with van der Waals surface area (Å²) in [5.41, 5.74) is 0. The van der Waals surface area contributed by atoms with Crippen molar-refractivity contribution in [1.29, 1.82) is 0 Å². The van der Waals surface area contributed by atoms with Crippen LogP contribution in [0.4, 0.5) is 0 Å². The second kappa shape index (κ2) is 73.1. The minimum atomic E-state index is -4.38. The number of hydrogen-bond acceptors (Lipinski definition) is 5. The van der Waals surface area contributed by atoms with Gasteiger partial charge in [-0.1, -0.05) is 344 Å². The van der Waals surface area contributed by atoms with Crippen molar-refractivity contribution >= 4 is 13.7 Å². The first kappa shape index (κ1) is 89.9. The summed E-state index contributed by atoms with van der Waals surface area (Å²) in [5.74, 6) is -0.207. The fourth-order valence-corrected chi connectivity index (χ4v) is 11.2. The Bertz CT molecular complexity index is 2150. The zero-order chi connectivity index (χ0) is 68.3. The minimum Gasteiger partial charge on any atom is -0.387 e. The fourth-order valence-electron chi connectivity index (χ4n) is 10.5. The Morgan fingerprint density at radius 3 is 0.979 bits per heavy atom. The van der Waals surface area contributed by atoms with Crippen LogP contribution in [0.2, 0.25) is 0 Å². The van der Waals surface area contributed by atoms with Crippen LogP contribution in [0.15, 0.2) is 170 Å². The van der Waals surface area contributed by atoms with Crippen molar-refractivity contribution < 1.29 is 32.9 Å². The maximum Gasteiger partial charge on any atom is 0.472 e. The van der Waals surface area contributed by atoms with Crippen LogP contribution >= 0.6 is 7.82 Å². The van der Waals surface area contributed by atoms with Crippen molar-refractivity contribution in [2.75, 3.05) is 40.9 Å². The van der Waals surface area contributed by atoms with Gasteiger partial charge in [0.05, 0.1) is 39.9 Å². The second-order valence-electron chi connectivity index (χ2n) is 26.6. The number of quaternary nitrogens is 1. The second-order valence-corrected chi connectivity index (χ2v) is 28.1. The number of hydrogen-bond donors (Lipinski definition) is 3. The average Bonchev–Trinajstić information content (AvgIpc) is 1.77. The molecule has 0 spiro atoms. The van der Waals surface area contributed by atoms with Gasteiger partial charge in [0.25, 0.3) is 0 Å². The zero-order valence-corrected chi connectivity index (χ0v) is 62.3. The van der Waals surface area contributed by atoms with E-state index in [1.165, 1.54) is 161 Å². The molecule has 0 rings (SSSR count). The number of aliphatic hydroxyl groups is 1. The van der Waals surface area contributed by atoms with E-state index in [1.807, 2.05) is 27.2 Å². The summed E-state index contributed by atoms with van der Waals surface area (Å²) in [6.07, 6.45) is 115. The van der Waals surface area contributed by atoms with Gasteiger partial charge in [0.2, 0.25) is 5.91 Å². The number of rotatable bonds is 69. The maximum absolute atomic E-state index is 13.1. The molecule has 0 aliphatic heterocycles. The number of nitrogens with one attached hydrogen (secondary N) is 1. The molecule has 94 heavy (non-hydrogen) atoms. The molecule has 0 saturated carbocycles. The predicted octanol–water partition coefficient (Wildman–Crippen LogP) is 25.4. The van der Waals surface area contributed by atoms with Gasteiger partial charge in [-0.05, 0) is 128 Å². The number of carbonyl (C=O) groups is 1. The van der Waals surface area contributed by atoms with E-state index < -0.39 is 20.0 Å². The monoisotopic (exact) mass is 1320 g/mol. The molecule has 3 unspecified atom stereocenters. The Kier molecular flexibility index (Phi) is 69.9. The molecule has 0 aromatic carbocycles. The third-order valence-electron chi connectivity index (χ3n) is 16.4. The molecule has 1 amide bonds. The summed E-state index contributed by atoms with van der Waals surface area (Å²) in [7, 11) is 1.52. The van der Waals surface area contributed by atoms with Crippen LogP contribution in [0.25, 0.3) is 0 Å². The van der Waals surface area contributed by atoms with E-state index in [0.717, 1.165) is 128 Å². The van der Waals surface area contributed by atoms with Crippen LogP contribution in [0.5, 0.6) is 0 Å². The molecular formula is C85H146N2O6P+. The number of nitrogens with zero attached hydrogens (tertiary/aromatic N) is 1. The quantitative estimate of drug-likeness (QED) is 0.0243. The van der Waals surface area contributed by atoms with Crippen LogP contribution in [-0.2, 0) is 18.4 Å². The van der Waals surface area contributed by atoms with Crippen LogP contribution in [0, 0.1) is 0 Å². The fraction of sp³-hybridized carbons (Fsp3) is 0.659. The van der Waals surface area contributed by atoms with Gasteiger partial charge in [-0.3, -0.25) is 13.8 Å². The van der Waals surface area contributed by atoms with Crippen molar-refractivity contribution in [2.24, 2.45) is 0 Å². The Balaban J connectivity index is 4.18. The van der Waals surface area contributed by atoms with Gasteiger partial charge in [-0.2, -0.15) is 0 Å². The standard InChI is InChI=1S/C85H145N2O6P/c1-6-8-10-12-14-16-18-20-22-24-26-28-30-32-34-36-38-39-40-41-42-43-44-45-46-47-49-51-53-55-57-59-61-63-65-67-69-71-73-75-77-79-85(89)86-83(82-93-94(90,91)92-81-80-87(3,4)5)84(88)78-76-74-72-70-68-66-64-62-60-58-56-54-52-50-48-37-35-33-31-29-27-25-23-21-19-17-15-13-11-9-7-2/h8,10,14,16,20,22,26,28,32,34,38-39,41-42,44-45,47,49,53,55,59-62,68,70,76,78,83-84,88H,6-7,9,11-13,15,17-19,21,23-25,27,29-31,33,35-37,40,43,46,48,50-52,54,56-58,63-67,69,71-75,77,79-82H2,1-5H3,(H-,86,89,90,91)/p+1/b10-8-,16-14-,22-20-,28-26-,34-32-,39-38-,42-41-,45-44-,49-47-,55-53-,61-59-,62-60+,70-68+,78-76+. The first-order valence-electron chi connectivity index (χ1n) is 38.5. The number of phosphoric acid groups is 1. The van der Waals surface area contributed by atoms with Crippen molar-refractivity contribution in [3.63, 3.8) is 0 Å². The molecular weight excluding hydrogens is 1180 g/mol. The summed E-state index contributed by atoms with van der Waals surface area (Å²) in [6, 6.07) is -0.891. The molecule has 3 N–H and O–H groups in total. The van der Waals surface area contributed by atoms with Gasteiger partial charge in [-0.15, -0.1) is 0 Å². The molecule has 0 fully saturated rings. The van der Waals surface area contributed by atoms with Crippen LogP contribution in [-0.4, -0.2) is 73.4 Å². The number of carbonyl (C=O) groups excluding carboxylic acids is 1. The largest absolute Gasteiger partial charge is 0.472 e. The first-order chi connectivity index (χ1) is 46.0. The third kappa shape index (κ3) is 75.2. The lowest BCUT2D eigenvalue weighted by Gasteiger charge is -2.25. The highest BCUT2D eigenvalue weighted by Gasteiger charge is 2.28. The minimum absolute atomic E-state index is 0.0427. The average molecular weight is 1320 g/mol. The maximum atomic E-state index is 13.1. The smallest absolute Gasteiger partial charge is 0.387 e. The molecule has 9 heteroatoms. The van der Waals surface area contributed by atoms with Crippen molar-refractivity contribution in [1.82, 2.24) is 5.32 Å². The van der Waals surface area contributed by atoms with Gasteiger partial charge in [-0.25, -0.2) is 4.57 Å². The highest BCUT2D eigenvalue weighted by atomic mass is 31.2. The Hall–Kier alpha value is -4.14. The number of phosphoric ester groups is 1. The lowest BCUT2D eigenvalue weighted by Crippen LogP contribution is -2.45. The number of aliphatic hydroxyl groups excluding tert-OH is 1. The summed E-state index contributed by atoms with van der Waals surface area (Å²) in [4.78, 5) is 23.5. The SMILES string of the molecule is CC/C=C\C/C=C\C/C=C\C/C=C\C/C=C\C/C=C\C/C=C\C/C=C\C/C=C\C/C=C\C/C=C\CCCCCCCCCC(=O)NC(COP(=O)(O)OCC[N+](C)(C)C)C(O)/C=C/CC/C=C/CC/C=C/CCCCCCCCCCCCCCCCCCCCCCC. The van der Waals surface area contributed by atoms with E-state index in [4.69, 9.17) is 9.05 Å². The van der Waals surface area contributed by atoms with Crippen LogP contribution in [0.3, 0.4) is 0 Å². The summed E-state index contributed by atoms with van der Waals surface area (Å²) in [6.45, 7) is 4.67. The number of likely N-dealkylation sites (N-methyl/N-ethyl adjacent to an activating group) is 1. The van der Waals surface area contributed by atoms with E-state index in [1.54, 1.807) is 6.08 Å². The van der Waals surface area contributed by atoms with Gasteiger partial charge in [0.15, 0.2) is 0 Å². The topological polar surface area (TPSA) is 105 Å². The van der Waals surface area contributed by atoms with E-state index in [2.05, 4.69) is 177 Å². The molecule has 0 aliphatic carbocycles. The summed E-state index contributed by atoms with van der Waals surface area (Å²) < 4.78 is 23.8. The lowest BCUT2D eigenvalue weighted by molar-refractivity contribution is -0.870. The van der Waals surface area contributed by atoms with Gasteiger partial charge < -0.3 is 19.8 Å². The Morgan fingerprint density at radius 1 is 0.372 bits per heavy atom. The van der Waals surface area contributed by atoms with Crippen LogP contribution in [0.1, 0.15) is 309 Å². The predicted molar refractivity (Wildman–Crippen MR) is 414 cm³/mol. The first-order valence-corrected chi connectivity index (χ1v) is 40.0. The molecule has 0 aromatic rings. The van der Waals surface area contributed by atoms with Crippen molar-refractivity contribution in [3.8, 4) is 0 Å². The molecule has 536 valence electrons. The number of unbranched alkanes of at least 4 members (excludes halogenated alkanes) is 30. The molecule has 0 saturated heterocycles. The molecule has 0 aromatic heterocycles. The van der Waals surface area contributed by atoms with E-state index in [9.17, 15) is 19.4 Å². The van der Waals surface area contributed by atoms with Crippen LogP contribution < -0.4 is 5.32 Å². The number of amides is 1. The van der Waals surface area contributed by atoms with Gasteiger partial charge in [0.1, 0.15) is 13.2 Å². The van der Waals surface area contributed by atoms with Gasteiger partial charge in [0, 0.05) is 6.42 Å². The van der Waals surface area contributed by atoms with Crippen molar-refractivity contribution in [3.05, 3.63) is 170 Å². The highest BCUT2D eigenvalue weighted by molar-refractivity contribution is 7.47. The molecule has 0 bridgehead atoms. The Labute approximate surface area is 581 Å². The number of allylic oxidation sites excluding steroid dienone is 27. The molecule has 0 heterocycles. The normalized spacial score (nSPS) is 14.5. The zero-order valence-electron chi connectivity index (χ0n) is 61.4. The molecule has 8 nitrogen and oxygen atoms in total. The molecule has 0 radical (unpaired) electrons. The summed E-state index contributed by atoms with van der Waals surface area (Å²) >= 11 is 0. The summed E-state index contributed by atoms with van der Waals surface area (Å²) in [5, 5.41) is 14.0.